The lowest BCUT2D eigenvalue weighted by molar-refractivity contribution is 0.289. The SMILES string of the molecule is CCc1ncnc(NC2CCS(=O)(=O)C3(CCC3)C2)c1F. The molecular formula is C14H20FN3O2S. The summed E-state index contributed by atoms with van der Waals surface area (Å²) in [5, 5.41) is 3.09. The van der Waals surface area contributed by atoms with E-state index >= 15 is 0 Å². The minimum Gasteiger partial charge on any atom is -0.365 e. The summed E-state index contributed by atoms with van der Waals surface area (Å²) in [6.07, 6.45) is 5.36. The molecule has 1 aromatic heterocycles. The Morgan fingerprint density at radius 3 is 2.81 bits per heavy atom. The number of sulfone groups is 1. The molecule has 1 unspecified atom stereocenters. The van der Waals surface area contributed by atoms with Crippen LogP contribution in [0.5, 0.6) is 0 Å². The van der Waals surface area contributed by atoms with Gasteiger partial charge in [-0.3, -0.25) is 0 Å². The normalized spacial score (nSPS) is 26.3. The second kappa shape index (κ2) is 5.19. The molecule has 1 saturated heterocycles. The molecule has 0 aromatic carbocycles. The number of hydrogen-bond donors (Lipinski definition) is 1. The number of nitrogens with one attached hydrogen (secondary N) is 1. The first-order valence-electron chi connectivity index (χ1n) is 7.46. The van der Waals surface area contributed by atoms with Crippen LogP contribution in [-0.2, 0) is 16.3 Å². The Bertz CT molecular complexity index is 644. The van der Waals surface area contributed by atoms with Crippen molar-refractivity contribution in [3.8, 4) is 0 Å². The molecule has 21 heavy (non-hydrogen) atoms. The largest absolute Gasteiger partial charge is 0.365 e. The molecule has 2 fully saturated rings. The van der Waals surface area contributed by atoms with Crippen LogP contribution in [0.2, 0.25) is 0 Å². The molecule has 3 rings (SSSR count). The van der Waals surface area contributed by atoms with E-state index in [0.717, 1.165) is 19.3 Å². The Morgan fingerprint density at radius 1 is 1.43 bits per heavy atom. The average molecular weight is 313 g/mol. The van der Waals surface area contributed by atoms with E-state index in [1.165, 1.54) is 6.33 Å². The van der Waals surface area contributed by atoms with Crippen LogP contribution < -0.4 is 5.32 Å². The van der Waals surface area contributed by atoms with Crippen molar-refractivity contribution in [2.24, 2.45) is 0 Å². The van der Waals surface area contributed by atoms with Gasteiger partial charge in [-0.15, -0.1) is 0 Å². The van der Waals surface area contributed by atoms with Gasteiger partial charge in [0.1, 0.15) is 6.33 Å². The molecule has 1 aromatic rings. The second-order valence-corrected chi connectivity index (χ2v) is 8.53. The van der Waals surface area contributed by atoms with Gasteiger partial charge in [-0.05, 0) is 32.1 Å². The van der Waals surface area contributed by atoms with Gasteiger partial charge < -0.3 is 5.32 Å². The average Bonchev–Trinajstić information content (AvgIpc) is 2.41. The molecule has 0 radical (unpaired) electrons. The number of nitrogens with zero attached hydrogens (tertiary/aromatic N) is 2. The lowest BCUT2D eigenvalue weighted by Crippen LogP contribution is -2.53. The summed E-state index contributed by atoms with van der Waals surface area (Å²) in [5.74, 6) is -0.0467. The van der Waals surface area contributed by atoms with Crippen molar-refractivity contribution in [1.82, 2.24) is 9.97 Å². The second-order valence-electron chi connectivity index (χ2n) is 6.03. The molecule has 0 amide bonds. The van der Waals surface area contributed by atoms with Crippen molar-refractivity contribution in [2.45, 2.75) is 56.2 Å². The van der Waals surface area contributed by atoms with Crippen LogP contribution in [0, 0.1) is 5.82 Å². The summed E-state index contributed by atoms with van der Waals surface area (Å²) in [7, 11) is -3.00. The Balaban J connectivity index is 1.78. The highest BCUT2D eigenvalue weighted by Gasteiger charge is 2.52. The monoisotopic (exact) mass is 313 g/mol. The van der Waals surface area contributed by atoms with E-state index in [4.69, 9.17) is 0 Å². The van der Waals surface area contributed by atoms with Crippen molar-refractivity contribution in [3.63, 3.8) is 0 Å². The smallest absolute Gasteiger partial charge is 0.186 e. The Labute approximate surface area is 124 Å². The van der Waals surface area contributed by atoms with Gasteiger partial charge in [-0.25, -0.2) is 22.8 Å². The number of halogens is 1. The Hall–Kier alpha value is -1.24. The van der Waals surface area contributed by atoms with E-state index in [-0.39, 0.29) is 17.6 Å². The fraction of sp³-hybridized carbons (Fsp3) is 0.714. The molecule has 2 aliphatic rings. The van der Waals surface area contributed by atoms with E-state index in [0.29, 0.717) is 25.0 Å². The van der Waals surface area contributed by atoms with Crippen molar-refractivity contribution in [3.05, 3.63) is 17.8 Å². The highest BCUT2D eigenvalue weighted by molar-refractivity contribution is 7.92. The summed E-state index contributed by atoms with van der Waals surface area (Å²) < 4.78 is 38.0. The van der Waals surface area contributed by atoms with Gasteiger partial charge in [-0.1, -0.05) is 13.3 Å². The molecule has 1 atom stereocenters. The fourth-order valence-corrected chi connectivity index (χ4v) is 5.74. The van der Waals surface area contributed by atoms with Crippen LogP contribution in [0.15, 0.2) is 6.33 Å². The third-order valence-corrected chi connectivity index (χ3v) is 7.48. The molecular weight excluding hydrogens is 293 g/mol. The minimum absolute atomic E-state index is 0.0390. The maximum atomic E-state index is 14.2. The molecule has 7 heteroatoms. The Morgan fingerprint density at radius 2 is 2.19 bits per heavy atom. The van der Waals surface area contributed by atoms with Crippen LogP contribution in [0.1, 0.15) is 44.7 Å². The van der Waals surface area contributed by atoms with Crippen LogP contribution in [0.4, 0.5) is 10.2 Å². The zero-order valence-corrected chi connectivity index (χ0v) is 12.9. The summed E-state index contributed by atoms with van der Waals surface area (Å²) in [5.41, 5.74) is 0.384. The zero-order chi connectivity index (χ0) is 15.1. The van der Waals surface area contributed by atoms with Gasteiger partial charge in [0.25, 0.3) is 0 Å². The number of rotatable bonds is 3. The third-order valence-electron chi connectivity index (χ3n) is 4.82. The molecule has 1 N–H and O–H groups in total. The van der Waals surface area contributed by atoms with Gasteiger partial charge in [-0.2, -0.15) is 0 Å². The van der Waals surface area contributed by atoms with E-state index in [1.807, 2.05) is 6.92 Å². The van der Waals surface area contributed by atoms with Gasteiger partial charge in [0.05, 0.1) is 16.2 Å². The molecule has 5 nitrogen and oxygen atoms in total. The summed E-state index contributed by atoms with van der Waals surface area (Å²) in [4.78, 5) is 7.87. The maximum Gasteiger partial charge on any atom is 0.186 e. The van der Waals surface area contributed by atoms with E-state index in [9.17, 15) is 12.8 Å². The Kier molecular flexibility index (Phi) is 3.63. The van der Waals surface area contributed by atoms with Crippen molar-refractivity contribution in [2.75, 3.05) is 11.1 Å². The zero-order valence-electron chi connectivity index (χ0n) is 12.1. The first-order chi connectivity index (χ1) is 9.97. The fourth-order valence-electron chi connectivity index (χ4n) is 3.35. The molecule has 1 aliphatic heterocycles. The summed E-state index contributed by atoms with van der Waals surface area (Å²) in [6, 6.07) is -0.0390. The highest BCUT2D eigenvalue weighted by Crippen LogP contribution is 2.47. The first-order valence-corrected chi connectivity index (χ1v) is 9.11. The van der Waals surface area contributed by atoms with Crippen molar-refractivity contribution >= 4 is 15.7 Å². The lowest BCUT2D eigenvalue weighted by Gasteiger charge is -2.46. The summed E-state index contributed by atoms with van der Waals surface area (Å²) in [6.45, 7) is 1.84. The van der Waals surface area contributed by atoms with Gasteiger partial charge in [0, 0.05) is 6.04 Å². The predicted octanol–water partition coefficient (Wildman–Crippen LogP) is 2.09. The molecule has 1 saturated carbocycles. The topological polar surface area (TPSA) is 72.0 Å². The quantitative estimate of drug-likeness (QED) is 0.925. The van der Waals surface area contributed by atoms with E-state index in [1.54, 1.807) is 0 Å². The maximum absolute atomic E-state index is 14.2. The van der Waals surface area contributed by atoms with Crippen molar-refractivity contribution < 1.29 is 12.8 Å². The standard InChI is InChI=1S/C14H20FN3O2S/c1-2-11-12(15)13(17-9-16-11)18-10-4-7-21(19,20)14(8-10)5-3-6-14/h9-10H,2-8H2,1H3,(H,16,17,18). The van der Waals surface area contributed by atoms with Gasteiger partial charge >= 0.3 is 0 Å². The van der Waals surface area contributed by atoms with E-state index in [2.05, 4.69) is 15.3 Å². The van der Waals surface area contributed by atoms with Crippen molar-refractivity contribution in [1.29, 1.82) is 0 Å². The van der Waals surface area contributed by atoms with E-state index < -0.39 is 20.4 Å². The van der Waals surface area contributed by atoms with Crippen LogP contribution in [-0.4, -0.2) is 34.9 Å². The molecule has 0 bridgehead atoms. The third kappa shape index (κ3) is 2.41. The first kappa shape index (κ1) is 14.7. The predicted molar refractivity (Wildman–Crippen MR) is 78.4 cm³/mol. The summed E-state index contributed by atoms with van der Waals surface area (Å²) >= 11 is 0. The molecule has 2 heterocycles. The van der Waals surface area contributed by atoms with Gasteiger partial charge in [0.15, 0.2) is 21.5 Å². The highest BCUT2D eigenvalue weighted by atomic mass is 32.2. The number of hydrogen-bond acceptors (Lipinski definition) is 5. The number of aromatic nitrogens is 2. The van der Waals surface area contributed by atoms with Gasteiger partial charge in [0.2, 0.25) is 0 Å². The molecule has 1 aliphatic carbocycles. The lowest BCUT2D eigenvalue weighted by atomic mass is 9.79. The number of aryl methyl sites for hydroxylation is 1. The van der Waals surface area contributed by atoms with Crippen LogP contribution >= 0.6 is 0 Å². The molecule has 1 spiro atoms. The van der Waals surface area contributed by atoms with Crippen LogP contribution in [0.25, 0.3) is 0 Å². The number of anilines is 1. The van der Waals surface area contributed by atoms with Crippen LogP contribution in [0.3, 0.4) is 0 Å². The minimum atomic E-state index is -3.00. The molecule has 116 valence electrons.